The summed E-state index contributed by atoms with van der Waals surface area (Å²) >= 11 is 7.29. The molecule has 33 heavy (non-hydrogen) atoms. The second-order valence-corrected chi connectivity index (χ2v) is 13.9. The lowest BCUT2D eigenvalue weighted by molar-refractivity contribution is -0.249. The Hall–Kier alpha value is -0.130. The van der Waals surface area contributed by atoms with E-state index >= 15 is 0 Å². The summed E-state index contributed by atoms with van der Waals surface area (Å²) in [4.78, 5) is 0. The number of alkyl halides is 1. The molecule has 6 fully saturated rings. The van der Waals surface area contributed by atoms with E-state index in [2.05, 4.69) is 34.3 Å². The molecule has 5 heteroatoms. The van der Waals surface area contributed by atoms with Crippen molar-refractivity contribution < 1.29 is 19.7 Å². The van der Waals surface area contributed by atoms with Crippen LogP contribution < -0.4 is 0 Å². The largest absolute Gasteiger partial charge is 0.393 e. The summed E-state index contributed by atoms with van der Waals surface area (Å²) in [5, 5.41) is 21.9. The maximum absolute atomic E-state index is 11.6. The first-order valence-corrected chi connectivity index (χ1v) is 14.0. The van der Waals surface area contributed by atoms with Gasteiger partial charge in [0.05, 0.1) is 28.8 Å². The van der Waals surface area contributed by atoms with Crippen LogP contribution in [0.3, 0.4) is 0 Å². The monoisotopic (exact) mass is 478 g/mol. The molecule has 2 saturated heterocycles. The van der Waals surface area contributed by atoms with Crippen molar-refractivity contribution in [2.75, 3.05) is 0 Å². The van der Waals surface area contributed by atoms with E-state index in [1.165, 1.54) is 5.57 Å². The fraction of sp³-hybridized carbons (Fsp3) is 0.929. The van der Waals surface area contributed by atoms with Gasteiger partial charge in [0.2, 0.25) is 0 Å². The molecule has 0 aromatic heterocycles. The van der Waals surface area contributed by atoms with Crippen molar-refractivity contribution >= 4 is 11.6 Å². The number of rotatable bonds is 4. The van der Waals surface area contributed by atoms with E-state index in [9.17, 15) is 10.2 Å². The number of allylic oxidation sites excluding steroid dienone is 1. The van der Waals surface area contributed by atoms with Crippen LogP contribution in [0.4, 0.5) is 0 Å². The average molecular weight is 479 g/mol. The Kier molecular flexibility index (Phi) is 5.09. The minimum absolute atomic E-state index is 0.0565. The van der Waals surface area contributed by atoms with Crippen molar-refractivity contribution in [3.05, 3.63) is 12.2 Å². The van der Waals surface area contributed by atoms with E-state index in [4.69, 9.17) is 21.1 Å². The first kappa shape index (κ1) is 23.3. The van der Waals surface area contributed by atoms with Gasteiger partial charge in [-0.2, -0.15) is 0 Å². The first-order chi connectivity index (χ1) is 15.5. The van der Waals surface area contributed by atoms with E-state index in [1.54, 1.807) is 0 Å². The number of aliphatic hydroxyl groups is 2. The lowest BCUT2D eigenvalue weighted by Gasteiger charge is -2.64. The van der Waals surface area contributed by atoms with Crippen LogP contribution in [0, 0.1) is 40.4 Å². The lowest BCUT2D eigenvalue weighted by Crippen LogP contribution is -2.67. The highest BCUT2D eigenvalue weighted by Crippen LogP contribution is 2.79. The van der Waals surface area contributed by atoms with Crippen molar-refractivity contribution in [3.8, 4) is 0 Å². The molecule has 2 bridgehead atoms. The predicted octanol–water partition coefficient (Wildman–Crippen LogP) is 5.43. The topological polar surface area (TPSA) is 58.9 Å². The molecule has 2 heterocycles. The van der Waals surface area contributed by atoms with Gasteiger partial charge in [-0.1, -0.05) is 32.9 Å². The summed E-state index contributed by atoms with van der Waals surface area (Å²) in [5.74, 6) is 1.59. The minimum atomic E-state index is -0.505. The molecule has 0 aromatic carbocycles. The fourth-order valence-corrected chi connectivity index (χ4v) is 10.7. The number of fused-ring (bicyclic) bond motifs is 2. The third kappa shape index (κ3) is 2.74. The summed E-state index contributed by atoms with van der Waals surface area (Å²) in [7, 11) is 0. The van der Waals surface area contributed by atoms with Gasteiger partial charge in [-0.3, -0.25) is 0 Å². The number of aliphatic hydroxyl groups excluding tert-OH is 2. The van der Waals surface area contributed by atoms with Gasteiger partial charge in [-0.25, -0.2) is 0 Å². The molecule has 2 N–H and O–H groups in total. The molecule has 12 atom stereocenters. The van der Waals surface area contributed by atoms with E-state index in [-0.39, 0.29) is 46.2 Å². The Balaban J connectivity index is 1.36. The van der Waals surface area contributed by atoms with Crippen molar-refractivity contribution in [2.45, 2.75) is 121 Å². The zero-order valence-corrected chi connectivity index (χ0v) is 21.6. The SMILES string of the molecule is C=C(CCC1(C)OC2OC34C(Cl)CC5CC(O)CCC5(C)C3CCC23C1CC(O)C34)C(C)C. The van der Waals surface area contributed by atoms with Crippen LogP contribution in [-0.2, 0) is 9.47 Å². The summed E-state index contributed by atoms with van der Waals surface area (Å²) < 4.78 is 14.0. The molecule has 4 aliphatic carbocycles. The third-order valence-corrected chi connectivity index (χ3v) is 12.4. The molecule has 6 rings (SSSR count). The molecule has 186 valence electrons. The van der Waals surface area contributed by atoms with Crippen molar-refractivity contribution in [3.63, 3.8) is 0 Å². The van der Waals surface area contributed by atoms with E-state index < -0.39 is 5.60 Å². The summed E-state index contributed by atoms with van der Waals surface area (Å²) in [5.41, 5.74) is 0.478. The molecular weight excluding hydrogens is 436 g/mol. The summed E-state index contributed by atoms with van der Waals surface area (Å²) in [6, 6.07) is 0. The molecule has 0 aromatic rings. The molecular formula is C28H43ClO4. The molecule has 12 unspecified atom stereocenters. The van der Waals surface area contributed by atoms with Crippen LogP contribution in [0.25, 0.3) is 0 Å². The fourth-order valence-electron chi connectivity index (χ4n) is 10.1. The number of hydrogen-bond donors (Lipinski definition) is 2. The van der Waals surface area contributed by atoms with Gasteiger partial charge in [0.25, 0.3) is 0 Å². The number of hydrogen-bond acceptors (Lipinski definition) is 4. The smallest absolute Gasteiger partial charge is 0.165 e. The lowest BCUT2D eigenvalue weighted by atomic mass is 9.43. The van der Waals surface area contributed by atoms with Crippen LogP contribution in [0.15, 0.2) is 12.2 Å². The highest BCUT2D eigenvalue weighted by Gasteiger charge is 2.84. The summed E-state index contributed by atoms with van der Waals surface area (Å²) in [6.07, 6.45) is 7.63. The van der Waals surface area contributed by atoms with Gasteiger partial charge in [0.1, 0.15) is 0 Å². The maximum Gasteiger partial charge on any atom is 0.165 e. The van der Waals surface area contributed by atoms with Crippen molar-refractivity contribution in [1.29, 1.82) is 0 Å². The van der Waals surface area contributed by atoms with Gasteiger partial charge >= 0.3 is 0 Å². The number of ether oxygens (including phenoxy) is 2. The van der Waals surface area contributed by atoms with Crippen LogP contribution in [0.1, 0.15) is 85.5 Å². The van der Waals surface area contributed by atoms with Gasteiger partial charge in [-0.05, 0) is 87.9 Å². The average Bonchev–Trinajstić information content (AvgIpc) is 3.26. The zero-order chi connectivity index (χ0) is 23.6. The van der Waals surface area contributed by atoms with Crippen molar-refractivity contribution in [1.82, 2.24) is 0 Å². The Morgan fingerprint density at radius 1 is 1.06 bits per heavy atom. The predicted molar refractivity (Wildman–Crippen MR) is 129 cm³/mol. The third-order valence-electron chi connectivity index (χ3n) is 11.9. The Morgan fingerprint density at radius 2 is 1.82 bits per heavy atom. The van der Waals surface area contributed by atoms with Crippen molar-refractivity contribution in [2.24, 2.45) is 40.4 Å². The first-order valence-electron chi connectivity index (χ1n) is 13.5. The number of halogens is 1. The van der Waals surface area contributed by atoms with Crippen LogP contribution in [-0.4, -0.2) is 45.3 Å². The molecule has 0 radical (unpaired) electrons. The van der Waals surface area contributed by atoms with Gasteiger partial charge in [0, 0.05) is 17.3 Å². The van der Waals surface area contributed by atoms with Gasteiger partial charge < -0.3 is 19.7 Å². The standard InChI is InChI=1S/C28H43ClO4/c1-15(2)16(3)6-10-26(5)21-14-19(31)23-27(21)11-8-20-25(4)9-7-18(30)12-17(25)13-22(29)28(20,23)33-24(27)32-26/h15,17-24,30-31H,3,6-14H2,1-2,4-5H3. The second kappa shape index (κ2) is 7.22. The van der Waals surface area contributed by atoms with Crippen LogP contribution in [0.5, 0.6) is 0 Å². The minimum Gasteiger partial charge on any atom is -0.393 e. The summed E-state index contributed by atoms with van der Waals surface area (Å²) in [6.45, 7) is 13.4. The molecule has 4 saturated carbocycles. The van der Waals surface area contributed by atoms with E-state index in [1.807, 2.05) is 0 Å². The Bertz CT molecular complexity index is 846. The molecule has 2 aliphatic heterocycles. The highest BCUT2D eigenvalue weighted by atomic mass is 35.5. The quantitative estimate of drug-likeness (QED) is 0.417. The molecule has 0 amide bonds. The van der Waals surface area contributed by atoms with E-state index in [0.717, 1.165) is 57.8 Å². The zero-order valence-electron chi connectivity index (χ0n) is 20.9. The highest BCUT2D eigenvalue weighted by molar-refractivity contribution is 6.21. The Labute approximate surface area is 204 Å². The van der Waals surface area contributed by atoms with Crippen LogP contribution in [0.2, 0.25) is 0 Å². The van der Waals surface area contributed by atoms with Gasteiger partial charge in [-0.15, -0.1) is 11.6 Å². The van der Waals surface area contributed by atoms with E-state index in [0.29, 0.717) is 23.7 Å². The molecule has 2 spiro atoms. The second-order valence-electron chi connectivity index (χ2n) is 13.4. The Morgan fingerprint density at radius 3 is 2.55 bits per heavy atom. The maximum atomic E-state index is 11.6. The van der Waals surface area contributed by atoms with Gasteiger partial charge in [0.15, 0.2) is 6.29 Å². The normalized spacial score (nSPS) is 58.8. The van der Waals surface area contributed by atoms with Crippen LogP contribution >= 0.6 is 11.6 Å². The molecule has 6 aliphatic rings. The molecule has 4 nitrogen and oxygen atoms in total.